The van der Waals surface area contributed by atoms with Crippen LogP contribution in [0.3, 0.4) is 0 Å². The van der Waals surface area contributed by atoms with Gasteiger partial charge in [0.1, 0.15) is 0 Å². The van der Waals surface area contributed by atoms with Gasteiger partial charge in [-0.3, -0.25) is 19.5 Å². The number of rotatable bonds is 2. The summed E-state index contributed by atoms with van der Waals surface area (Å²) in [5.74, 6) is -0.184. The molecule has 29 heavy (non-hydrogen) atoms. The number of carbonyl (C=O) groups is 1. The van der Waals surface area contributed by atoms with Crippen molar-refractivity contribution in [1.82, 2.24) is 9.78 Å². The minimum absolute atomic E-state index is 0.184. The molecule has 0 saturated carbocycles. The Bertz CT molecular complexity index is 1200. The molecule has 2 aromatic carbocycles. The standard InChI is InChI=1S/C21H18ClN3O3S/c1-13-9-10-24(17-12-15(22)5-6-18(17)29-13)21(28)14-3-2-4-16(11-14)25-20(27)8-7-19(26)23-25/h2-8,11-13H,9-10H2,1H3,(H,23,26). The molecule has 0 saturated heterocycles. The van der Waals surface area contributed by atoms with Crippen LogP contribution in [0.5, 0.6) is 0 Å². The predicted octanol–water partition coefficient (Wildman–Crippen LogP) is 3.71. The Morgan fingerprint density at radius 3 is 2.79 bits per heavy atom. The molecular formula is C21H18ClN3O3S. The number of carbonyl (C=O) groups excluding carboxylic acids is 1. The Morgan fingerprint density at radius 1 is 1.14 bits per heavy atom. The quantitative estimate of drug-likeness (QED) is 0.676. The number of H-pyrrole nitrogens is 1. The number of halogens is 1. The average Bonchev–Trinajstić information content (AvgIpc) is 2.87. The fraction of sp³-hybridized carbons (Fsp3) is 0.190. The van der Waals surface area contributed by atoms with E-state index < -0.39 is 5.56 Å². The molecule has 0 bridgehead atoms. The molecule has 4 rings (SSSR count). The van der Waals surface area contributed by atoms with Crippen molar-refractivity contribution in [3.05, 3.63) is 85.9 Å². The molecule has 1 unspecified atom stereocenters. The summed E-state index contributed by atoms with van der Waals surface area (Å²) in [5, 5.41) is 3.42. The molecule has 3 aromatic rings. The number of aromatic amines is 1. The second-order valence-electron chi connectivity index (χ2n) is 6.82. The summed E-state index contributed by atoms with van der Waals surface area (Å²) in [4.78, 5) is 39.9. The van der Waals surface area contributed by atoms with Gasteiger partial charge in [0.2, 0.25) is 0 Å². The SMILES string of the molecule is CC1CCN(C(=O)c2cccc(-n3[nH]c(=O)ccc3=O)c2)c2cc(Cl)ccc2S1. The maximum absolute atomic E-state index is 13.4. The number of hydrogen-bond donors (Lipinski definition) is 1. The van der Waals surface area contributed by atoms with Crippen LogP contribution < -0.4 is 16.0 Å². The molecule has 0 spiro atoms. The van der Waals surface area contributed by atoms with Crippen molar-refractivity contribution in [2.75, 3.05) is 11.4 Å². The van der Waals surface area contributed by atoms with Gasteiger partial charge in [-0.05, 0) is 42.8 Å². The molecule has 1 aliphatic heterocycles. The molecule has 1 amide bonds. The van der Waals surface area contributed by atoms with E-state index in [2.05, 4.69) is 12.0 Å². The van der Waals surface area contributed by atoms with E-state index in [1.807, 2.05) is 18.2 Å². The third-order valence-electron chi connectivity index (χ3n) is 4.72. The van der Waals surface area contributed by atoms with E-state index in [0.29, 0.717) is 28.1 Å². The zero-order valence-corrected chi connectivity index (χ0v) is 17.2. The van der Waals surface area contributed by atoms with Crippen molar-refractivity contribution in [3.63, 3.8) is 0 Å². The van der Waals surface area contributed by atoms with Gasteiger partial charge in [-0.25, -0.2) is 4.68 Å². The lowest BCUT2D eigenvalue weighted by atomic mass is 10.1. The third-order valence-corrected chi connectivity index (χ3v) is 6.19. The number of anilines is 1. The predicted molar refractivity (Wildman–Crippen MR) is 116 cm³/mol. The normalized spacial score (nSPS) is 16.2. The first kappa shape index (κ1) is 19.5. The van der Waals surface area contributed by atoms with Crippen LogP contribution in [0.4, 0.5) is 5.69 Å². The molecule has 1 aliphatic rings. The van der Waals surface area contributed by atoms with E-state index in [1.165, 1.54) is 12.1 Å². The molecule has 0 radical (unpaired) electrons. The van der Waals surface area contributed by atoms with E-state index in [0.717, 1.165) is 21.7 Å². The number of aromatic nitrogens is 2. The number of thioether (sulfide) groups is 1. The highest BCUT2D eigenvalue weighted by Gasteiger charge is 2.25. The highest BCUT2D eigenvalue weighted by molar-refractivity contribution is 8.00. The van der Waals surface area contributed by atoms with Crippen molar-refractivity contribution in [3.8, 4) is 5.69 Å². The van der Waals surface area contributed by atoms with Crippen LogP contribution in [0.1, 0.15) is 23.7 Å². The number of hydrogen-bond acceptors (Lipinski definition) is 4. The second-order valence-corrected chi connectivity index (χ2v) is 8.74. The van der Waals surface area contributed by atoms with Crippen LogP contribution in [-0.4, -0.2) is 27.5 Å². The van der Waals surface area contributed by atoms with Crippen molar-refractivity contribution in [2.24, 2.45) is 0 Å². The van der Waals surface area contributed by atoms with Crippen LogP contribution >= 0.6 is 23.4 Å². The molecule has 1 N–H and O–H groups in total. The monoisotopic (exact) mass is 427 g/mol. The fourth-order valence-electron chi connectivity index (χ4n) is 3.27. The maximum Gasteiger partial charge on any atom is 0.269 e. The van der Waals surface area contributed by atoms with Gasteiger partial charge in [0.15, 0.2) is 0 Å². The summed E-state index contributed by atoms with van der Waals surface area (Å²) >= 11 is 7.92. The largest absolute Gasteiger partial charge is 0.307 e. The first-order chi connectivity index (χ1) is 13.9. The minimum Gasteiger partial charge on any atom is -0.307 e. The van der Waals surface area contributed by atoms with Gasteiger partial charge in [0.25, 0.3) is 17.0 Å². The fourth-order valence-corrected chi connectivity index (χ4v) is 4.53. The van der Waals surface area contributed by atoms with E-state index in [1.54, 1.807) is 40.9 Å². The zero-order chi connectivity index (χ0) is 20.5. The summed E-state index contributed by atoms with van der Waals surface area (Å²) in [6.45, 7) is 2.70. The number of benzene rings is 2. The molecule has 1 atom stereocenters. The summed E-state index contributed by atoms with van der Waals surface area (Å²) < 4.78 is 1.13. The summed E-state index contributed by atoms with van der Waals surface area (Å²) in [6, 6.07) is 14.6. The van der Waals surface area contributed by atoms with E-state index in [-0.39, 0.29) is 11.5 Å². The van der Waals surface area contributed by atoms with Crippen molar-refractivity contribution in [2.45, 2.75) is 23.5 Å². The molecular weight excluding hydrogens is 410 g/mol. The lowest BCUT2D eigenvalue weighted by Crippen LogP contribution is -2.32. The van der Waals surface area contributed by atoms with Gasteiger partial charge in [0, 0.05) is 39.4 Å². The number of fused-ring (bicyclic) bond motifs is 1. The molecule has 0 fully saturated rings. The second kappa shape index (κ2) is 7.93. The van der Waals surface area contributed by atoms with E-state index in [4.69, 9.17) is 11.6 Å². The molecule has 6 nitrogen and oxygen atoms in total. The van der Waals surface area contributed by atoms with Gasteiger partial charge in [-0.1, -0.05) is 24.6 Å². The van der Waals surface area contributed by atoms with Crippen molar-refractivity contribution >= 4 is 35.0 Å². The van der Waals surface area contributed by atoms with Gasteiger partial charge >= 0.3 is 0 Å². The van der Waals surface area contributed by atoms with Crippen LogP contribution in [-0.2, 0) is 0 Å². The maximum atomic E-state index is 13.4. The Morgan fingerprint density at radius 2 is 1.97 bits per heavy atom. The van der Waals surface area contributed by atoms with Gasteiger partial charge in [0.05, 0.1) is 11.4 Å². The van der Waals surface area contributed by atoms with Gasteiger partial charge in [-0.2, -0.15) is 0 Å². The third kappa shape index (κ3) is 4.02. The number of nitrogens with zero attached hydrogens (tertiary/aromatic N) is 2. The summed E-state index contributed by atoms with van der Waals surface area (Å²) in [7, 11) is 0. The van der Waals surface area contributed by atoms with E-state index >= 15 is 0 Å². The molecule has 0 aliphatic carbocycles. The first-order valence-electron chi connectivity index (χ1n) is 9.13. The van der Waals surface area contributed by atoms with E-state index in [9.17, 15) is 14.4 Å². The number of nitrogens with one attached hydrogen (secondary N) is 1. The minimum atomic E-state index is -0.400. The van der Waals surface area contributed by atoms with Gasteiger partial charge in [-0.15, -0.1) is 11.8 Å². The lowest BCUT2D eigenvalue weighted by Gasteiger charge is -2.23. The van der Waals surface area contributed by atoms with Crippen LogP contribution in [0.2, 0.25) is 5.02 Å². The number of amides is 1. The average molecular weight is 428 g/mol. The van der Waals surface area contributed by atoms with Gasteiger partial charge < -0.3 is 4.90 Å². The highest BCUT2D eigenvalue weighted by Crippen LogP contribution is 2.39. The molecule has 2 heterocycles. The lowest BCUT2D eigenvalue weighted by molar-refractivity contribution is 0.0986. The Labute approximate surface area is 176 Å². The van der Waals surface area contributed by atoms with Crippen molar-refractivity contribution < 1.29 is 4.79 Å². The Kier molecular flexibility index (Phi) is 5.34. The Hall–Kier alpha value is -2.77. The van der Waals surface area contributed by atoms with Crippen LogP contribution in [0, 0.1) is 0 Å². The van der Waals surface area contributed by atoms with Crippen molar-refractivity contribution in [1.29, 1.82) is 0 Å². The summed E-state index contributed by atoms with van der Waals surface area (Å²) in [5.41, 5.74) is 0.842. The van der Waals surface area contributed by atoms with Crippen LogP contribution in [0.15, 0.2) is 69.1 Å². The molecule has 1 aromatic heterocycles. The zero-order valence-electron chi connectivity index (χ0n) is 15.6. The topological polar surface area (TPSA) is 75.2 Å². The smallest absolute Gasteiger partial charge is 0.269 e. The molecule has 148 valence electrons. The summed E-state index contributed by atoms with van der Waals surface area (Å²) in [6.07, 6.45) is 0.841. The van der Waals surface area contributed by atoms with Crippen LogP contribution in [0.25, 0.3) is 5.69 Å². The highest BCUT2D eigenvalue weighted by atomic mass is 35.5. The Balaban J connectivity index is 1.76. The first-order valence-corrected chi connectivity index (χ1v) is 10.4. The molecule has 8 heteroatoms.